The summed E-state index contributed by atoms with van der Waals surface area (Å²) < 4.78 is 5.29. The van der Waals surface area contributed by atoms with Gasteiger partial charge in [-0.1, -0.05) is 58.9 Å². The molecule has 4 N–H and O–H groups in total. The number of ether oxygens (including phenoxy) is 1. The molecule has 1 rings (SSSR count). The van der Waals surface area contributed by atoms with E-state index in [1.54, 1.807) is 6.92 Å². The Morgan fingerprint density at radius 1 is 0.923 bits per heavy atom. The lowest BCUT2D eigenvalue weighted by molar-refractivity contribution is -0.159. The first-order valence-corrected chi connectivity index (χ1v) is 14.0. The lowest BCUT2D eigenvalue weighted by Crippen LogP contribution is -2.49. The summed E-state index contributed by atoms with van der Waals surface area (Å²) in [6.45, 7) is 11.8. The monoisotopic (exact) mass is 549 g/mol. The van der Waals surface area contributed by atoms with Crippen molar-refractivity contribution in [2.75, 3.05) is 40.4 Å². The first-order chi connectivity index (χ1) is 18.3. The molecule has 9 heteroatoms. The SMILES string of the molecule is CC(C)Cc1ccc(C(C)C(=O)NC(C(=O)OC(CO)CO)C(C)CC(C)CNC(=O)C(C)CN(C)C)cc1. The van der Waals surface area contributed by atoms with E-state index in [9.17, 15) is 24.6 Å². The van der Waals surface area contributed by atoms with Crippen LogP contribution in [0.3, 0.4) is 0 Å². The second-order valence-corrected chi connectivity index (χ2v) is 11.7. The molecule has 0 aliphatic carbocycles. The molecule has 9 nitrogen and oxygen atoms in total. The van der Waals surface area contributed by atoms with Gasteiger partial charge in [-0.05, 0) is 62.7 Å². The first-order valence-electron chi connectivity index (χ1n) is 14.0. The van der Waals surface area contributed by atoms with Crippen LogP contribution in [0, 0.1) is 23.7 Å². The van der Waals surface area contributed by atoms with Crippen molar-refractivity contribution >= 4 is 17.8 Å². The summed E-state index contributed by atoms with van der Waals surface area (Å²) in [5, 5.41) is 24.6. The number of hydrogen-bond donors (Lipinski definition) is 4. The maximum Gasteiger partial charge on any atom is 0.329 e. The predicted octanol–water partition coefficient (Wildman–Crippen LogP) is 2.35. The number of carbonyl (C=O) groups excluding carboxylic acids is 3. The molecule has 1 aromatic carbocycles. The molecule has 0 aliphatic heterocycles. The van der Waals surface area contributed by atoms with Crippen LogP contribution in [0.5, 0.6) is 0 Å². The van der Waals surface area contributed by atoms with Crippen LogP contribution in [0.15, 0.2) is 24.3 Å². The Morgan fingerprint density at radius 3 is 2.03 bits per heavy atom. The molecule has 39 heavy (non-hydrogen) atoms. The quantitative estimate of drug-likeness (QED) is 0.220. The van der Waals surface area contributed by atoms with E-state index in [1.165, 1.54) is 5.56 Å². The molecule has 0 heterocycles. The maximum absolute atomic E-state index is 13.2. The molecule has 222 valence electrons. The summed E-state index contributed by atoms with van der Waals surface area (Å²) in [4.78, 5) is 40.7. The summed E-state index contributed by atoms with van der Waals surface area (Å²) in [5.41, 5.74) is 2.04. The molecule has 0 radical (unpaired) electrons. The molecule has 2 amide bonds. The molecule has 5 atom stereocenters. The highest BCUT2D eigenvalue weighted by molar-refractivity contribution is 5.88. The molecule has 0 fully saturated rings. The number of esters is 1. The zero-order chi connectivity index (χ0) is 29.7. The van der Waals surface area contributed by atoms with Gasteiger partial charge in [-0.25, -0.2) is 4.79 Å². The molecule has 0 saturated carbocycles. The molecule has 0 aromatic heterocycles. The predicted molar refractivity (Wildman–Crippen MR) is 153 cm³/mol. The van der Waals surface area contributed by atoms with Crippen molar-refractivity contribution in [2.24, 2.45) is 23.7 Å². The molecule has 0 bridgehead atoms. The van der Waals surface area contributed by atoms with E-state index >= 15 is 0 Å². The van der Waals surface area contributed by atoms with Crippen LogP contribution in [-0.2, 0) is 25.5 Å². The van der Waals surface area contributed by atoms with Crippen molar-refractivity contribution in [3.05, 3.63) is 35.4 Å². The van der Waals surface area contributed by atoms with E-state index in [-0.39, 0.29) is 29.6 Å². The summed E-state index contributed by atoms with van der Waals surface area (Å²) in [6, 6.07) is 6.95. The average Bonchev–Trinajstić information content (AvgIpc) is 2.87. The summed E-state index contributed by atoms with van der Waals surface area (Å²) in [5.74, 6) is -1.48. The number of rotatable bonds is 17. The topological polar surface area (TPSA) is 128 Å². The van der Waals surface area contributed by atoms with Crippen molar-refractivity contribution in [1.29, 1.82) is 0 Å². The van der Waals surface area contributed by atoms with Crippen LogP contribution < -0.4 is 10.6 Å². The van der Waals surface area contributed by atoms with Crippen molar-refractivity contribution in [3.8, 4) is 0 Å². The highest BCUT2D eigenvalue weighted by atomic mass is 16.6. The van der Waals surface area contributed by atoms with E-state index in [0.717, 1.165) is 12.0 Å². The second-order valence-electron chi connectivity index (χ2n) is 11.7. The third-order valence-electron chi connectivity index (χ3n) is 6.81. The van der Waals surface area contributed by atoms with Gasteiger partial charge in [-0.15, -0.1) is 0 Å². The Balaban J connectivity index is 2.92. The Morgan fingerprint density at radius 2 is 1.51 bits per heavy atom. The van der Waals surface area contributed by atoms with Crippen LogP contribution in [0.1, 0.15) is 65.0 Å². The van der Waals surface area contributed by atoms with Crippen molar-refractivity contribution in [3.63, 3.8) is 0 Å². The van der Waals surface area contributed by atoms with Crippen molar-refractivity contribution in [1.82, 2.24) is 15.5 Å². The highest BCUT2D eigenvalue weighted by Gasteiger charge is 2.32. The van der Waals surface area contributed by atoms with E-state index < -0.39 is 37.2 Å². The second kappa shape index (κ2) is 17.3. The summed E-state index contributed by atoms with van der Waals surface area (Å²) >= 11 is 0. The molecule has 5 unspecified atom stereocenters. The van der Waals surface area contributed by atoms with Gasteiger partial charge in [0.05, 0.1) is 19.1 Å². The standard InChI is InChI=1S/C30H51N3O6/c1-19(2)13-24-9-11-25(12-10-24)23(6)29(37)32-27(30(38)39-26(17-34)18-35)21(4)14-20(3)15-31-28(36)22(5)16-33(7)8/h9-12,19-23,26-27,34-35H,13-18H2,1-8H3,(H,31,36)(H,32,37). The van der Waals surface area contributed by atoms with E-state index in [4.69, 9.17) is 4.74 Å². The highest BCUT2D eigenvalue weighted by Crippen LogP contribution is 2.21. The Bertz CT molecular complexity index is 885. The number of amides is 2. The minimum Gasteiger partial charge on any atom is -0.456 e. The minimum absolute atomic E-state index is 0.0279. The lowest BCUT2D eigenvalue weighted by Gasteiger charge is -2.28. The molecule has 0 saturated heterocycles. The number of nitrogens with one attached hydrogen (secondary N) is 2. The van der Waals surface area contributed by atoms with Gasteiger partial charge in [0.25, 0.3) is 0 Å². The third kappa shape index (κ3) is 12.5. The number of carbonyl (C=O) groups is 3. The van der Waals surface area contributed by atoms with Crippen LogP contribution >= 0.6 is 0 Å². The van der Waals surface area contributed by atoms with Crippen molar-refractivity contribution in [2.45, 2.75) is 72.4 Å². The summed E-state index contributed by atoms with van der Waals surface area (Å²) in [7, 11) is 3.84. The van der Waals surface area contributed by atoms with Gasteiger partial charge in [0.1, 0.15) is 12.1 Å². The van der Waals surface area contributed by atoms with Crippen LogP contribution in [0.2, 0.25) is 0 Å². The van der Waals surface area contributed by atoms with Gasteiger partial charge in [-0.3, -0.25) is 9.59 Å². The lowest BCUT2D eigenvalue weighted by atomic mass is 9.90. The average molecular weight is 550 g/mol. The van der Waals surface area contributed by atoms with Crippen LogP contribution in [-0.4, -0.2) is 85.4 Å². The Labute approximate surface area is 234 Å². The van der Waals surface area contributed by atoms with E-state index in [1.807, 2.05) is 64.0 Å². The molecule has 0 aliphatic rings. The van der Waals surface area contributed by atoms with Gasteiger partial charge >= 0.3 is 5.97 Å². The van der Waals surface area contributed by atoms with Gasteiger partial charge in [-0.2, -0.15) is 0 Å². The smallest absolute Gasteiger partial charge is 0.329 e. The number of aliphatic hydroxyl groups excluding tert-OH is 2. The van der Waals surface area contributed by atoms with E-state index in [0.29, 0.717) is 25.4 Å². The number of nitrogens with zero attached hydrogens (tertiary/aromatic N) is 1. The zero-order valence-corrected chi connectivity index (χ0v) is 25.1. The van der Waals surface area contributed by atoms with Crippen molar-refractivity contribution < 1.29 is 29.3 Å². The summed E-state index contributed by atoms with van der Waals surface area (Å²) in [6.07, 6.45) is 0.421. The largest absolute Gasteiger partial charge is 0.456 e. The Kier molecular flexibility index (Phi) is 15.3. The molecule has 1 aromatic rings. The zero-order valence-electron chi connectivity index (χ0n) is 25.1. The van der Waals surface area contributed by atoms with Crippen LogP contribution in [0.4, 0.5) is 0 Å². The fourth-order valence-corrected chi connectivity index (χ4v) is 4.58. The fourth-order valence-electron chi connectivity index (χ4n) is 4.58. The normalized spacial score (nSPS) is 15.5. The molecular formula is C30H51N3O6. The minimum atomic E-state index is -1.06. The first kappa shape index (κ1) is 34.5. The van der Waals surface area contributed by atoms with Gasteiger partial charge < -0.3 is 30.5 Å². The van der Waals surface area contributed by atoms with Gasteiger partial charge in [0, 0.05) is 19.0 Å². The van der Waals surface area contributed by atoms with Gasteiger partial charge in [0.15, 0.2) is 0 Å². The number of hydrogen-bond acceptors (Lipinski definition) is 7. The number of benzene rings is 1. The Hall–Kier alpha value is -2.49. The van der Waals surface area contributed by atoms with Crippen LogP contribution in [0.25, 0.3) is 0 Å². The molecular weight excluding hydrogens is 498 g/mol. The number of aliphatic hydroxyl groups is 2. The van der Waals surface area contributed by atoms with E-state index in [2.05, 4.69) is 24.5 Å². The third-order valence-corrected chi connectivity index (χ3v) is 6.81. The molecule has 0 spiro atoms. The van der Waals surface area contributed by atoms with Gasteiger partial charge in [0.2, 0.25) is 11.8 Å². The fraction of sp³-hybridized carbons (Fsp3) is 0.700. The maximum atomic E-state index is 13.2.